The zero-order valence-corrected chi connectivity index (χ0v) is 22.0. The number of carbonyl (C=O) groups is 1. The Hall–Kier alpha value is -2.79. The lowest BCUT2D eigenvalue weighted by Gasteiger charge is -2.31. The van der Waals surface area contributed by atoms with E-state index in [1.807, 2.05) is 18.2 Å². The van der Waals surface area contributed by atoms with Gasteiger partial charge in [0.15, 0.2) is 0 Å². The van der Waals surface area contributed by atoms with Crippen molar-refractivity contribution in [1.82, 2.24) is 0 Å². The molecule has 0 aromatic heterocycles. The lowest BCUT2D eigenvalue weighted by atomic mass is 9.88. The summed E-state index contributed by atoms with van der Waals surface area (Å²) in [5, 5.41) is 0. The molecule has 5 heteroatoms. The van der Waals surface area contributed by atoms with Crippen LogP contribution in [-0.2, 0) is 14.3 Å². The zero-order chi connectivity index (χ0) is 25.2. The van der Waals surface area contributed by atoms with Gasteiger partial charge in [-0.25, -0.2) is 4.79 Å². The van der Waals surface area contributed by atoms with Gasteiger partial charge in [0, 0.05) is 31.0 Å². The first-order chi connectivity index (χ1) is 17.7. The van der Waals surface area contributed by atoms with Crippen LogP contribution < -0.4 is 9.64 Å². The van der Waals surface area contributed by atoms with Crippen LogP contribution in [0.5, 0.6) is 5.75 Å². The Kier molecular flexibility index (Phi) is 9.85. The molecule has 4 rings (SSSR count). The van der Waals surface area contributed by atoms with Gasteiger partial charge < -0.3 is 19.1 Å². The van der Waals surface area contributed by atoms with Gasteiger partial charge in [-0.3, -0.25) is 0 Å². The van der Waals surface area contributed by atoms with Crippen molar-refractivity contribution in [2.75, 3.05) is 44.9 Å². The van der Waals surface area contributed by atoms with Gasteiger partial charge >= 0.3 is 5.97 Å². The van der Waals surface area contributed by atoms with Crippen LogP contribution in [0.15, 0.2) is 48.0 Å². The van der Waals surface area contributed by atoms with E-state index in [1.54, 1.807) is 0 Å². The van der Waals surface area contributed by atoms with Crippen LogP contribution in [0.1, 0.15) is 63.9 Å². The van der Waals surface area contributed by atoms with Crippen molar-refractivity contribution in [2.24, 2.45) is 5.92 Å². The van der Waals surface area contributed by atoms with E-state index in [9.17, 15) is 4.79 Å². The van der Waals surface area contributed by atoms with E-state index in [4.69, 9.17) is 14.2 Å². The third-order valence-corrected chi connectivity index (χ3v) is 7.33. The van der Waals surface area contributed by atoms with Crippen LogP contribution in [0.4, 0.5) is 5.69 Å². The molecule has 5 nitrogen and oxygen atoms in total. The maximum atomic E-state index is 12.4. The second kappa shape index (κ2) is 13.5. The van der Waals surface area contributed by atoms with Crippen molar-refractivity contribution in [1.29, 1.82) is 0 Å². The van der Waals surface area contributed by atoms with Crippen molar-refractivity contribution in [3.8, 4) is 16.9 Å². The fraction of sp³-hybridized carbons (Fsp3) is 0.516. The normalized spacial score (nSPS) is 16.2. The number of hydrogen-bond acceptors (Lipinski definition) is 5. The quantitative estimate of drug-likeness (QED) is 0.253. The Labute approximate surface area is 216 Å². The van der Waals surface area contributed by atoms with Crippen LogP contribution in [-0.4, -0.2) is 46.0 Å². The molecule has 0 unspecified atom stereocenters. The van der Waals surface area contributed by atoms with E-state index in [1.165, 1.54) is 44.9 Å². The summed E-state index contributed by atoms with van der Waals surface area (Å²) in [7, 11) is 1.46. The zero-order valence-electron chi connectivity index (χ0n) is 22.0. The van der Waals surface area contributed by atoms with Gasteiger partial charge in [-0.2, -0.15) is 0 Å². The topological polar surface area (TPSA) is 48.0 Å². The summed E-state index contributed by atoms with van der Waals surface area (Å²) in [6.45, 7) is 6.02. The Balaban J connectivity index is 1.49. The molecule has 0 spiro atoms. The maximum absolute atomic E-state index is 12.4. The highest BCUT2D eigenvalue weighted by atomic mass is 16.5. The molecule has 1 aliphatic heterocycles. The van der Waals surface area contributed by atoms with E-state index in [0.29, 0.717) is 19.6 Å². The number of carbonyl (C=O) groups excluding carboxylic acids is 1. The van der Waals surface area contributed by atoms with Crippen molar-refractivity contribution < 1.29 is 19.0 Å². The molecule has 0 amide bonds. The smallest absolute Gasteiger partial charge is 0.333 e. The molecule has 36 heavy (non-hydrogen) atoms. The van der Waals surface area contributed by atoms with Gasteiger partial charge in [-0.1, -0.05) is 50.8 Å². The SMILES string of the molecule is CCCCOCCOc1ccc(-c2ccc3c(c2)C=C(C(=O)OC)CCN3CC2CCCCC2)cc1. The van der Waals surface area contributed by atoms with E-state index in [0.717, 1.165) is 66.5 Å². The molecule has 0 atom stereocenters. The molecule has 1 aliphatic carbocycles. The summed E-state index contributed by atoms with van der Waals surface area (Å²) in [5.41, 5.74) is 5.30. The summed E-state index contributed by atoms with van der Waals surface area (Å²) < 4.78 is 16.5. The lowest BCUT2D eigenvalue weighted by molar-refractivity contribution is -0.136. The molecular formula is C31H41NO4. The van der Waals surface area contributed by atoms with E-state index in [2.05, 4.69) is 42.2 Å². The third-order valence-electron chi connectivity index (χ3n) is 7.33. The number of nitrogens with zero attached hydrogens (tertiary/aromatic N) is 1. The number of unbranched alkanes of at least 4 members (excludes halogenated alkanes) is 1. The summed E-state index contributed by atoms with van der Waals surface area (Å²) in [5.74, 6) is 1.35. The second-order valence-electron chi connectivity index (χ2n) is 9.97. The number of methoxy groups -OCH3 is 1. The maximum Gasteiger partial charge on any atom is 0.333 e. The Morgan fingerprint density at radius 2 is 1.75 bits per heavy atom. The minimum Gasteiger partial charge on any atom is -0.491 e. The molecule has 0 bridgehead atoms. The highest BCUT2D eigenvalue weighted by Crippen LogP contribution is 2.35. The van der Waals surface area contributed by atoms with Gasteiger partial charge in [-0.15, -0.1) is 0 Å². The third kappa shape index (κ3) is 7.13. The number of esters is 1. The highest BCUT2D eigenvalue weighted by molar-refractivity contribution is 5.96. The molecule has 194 valence electrons. The number of fused-ring (bicyclic) bond motifs is 1. The summed E-state index contributed by atoms with van der Waals surface area (Å²) in [6.07, 6.45) is 11.6. The molecule has 1 fully saturated rings. The first-order valence-electron chi connectivity index (χ1n) is 13.7. The molecule has 0 N–H and O–H groups in total. The fourth-order valence-corrected chi connectivity index (χ4v) is 5.25. The molecular weight excluding hydrogens is 450 g/mol. The van der Waals surface area contributed by atoms with Crippen molar-refractivity contribution >= 4 is 17.7 Å². The van der Waals surface area contributed by atoms with Crippen LogP contribution >= 0.6 is 0 Å². The van der Waals surface area contributed by atoms with Gasteiger partial charge in [0.1, 0.15) is 12.4 Å². The van der Waals surface area contributed by atoms with Gasteiger partial charge in [-0.05, 0) is 78.6 Å². The number of rotatable bonds is 11. The Bertz CT molecular complexity index is 1010. The largest absolute Gasteiger partial charge is 0.491 e. The van der Waals surface area contributed by atoms with E-state index >= 15 is 0 Å². The molecule has 2 aromatic rings. The number of benzene rings is 2. The lowest BCUT2D eigenvalue weighted by Crippen LogP contribution is -2.31. The monoisotopic (exact) mass is 491 g/mol. The van der Waals surface area contributed by atoms with Gasteiger partial charge in [0.05, 0.1) is 13.7 Å². The van der Waals surface area contributed by atoms with Gasteiger partial charge in [0.25, 0.3) is 0 Å². The summed E-state index contributed by atoms with van der Waals surface area (Å²) in [6, 6.07) is 14.8. The summed E-state index contributed by atoms with van der Waals surface area (Å²) in [4.78, 5) is 14.9. The summed E-state index contributed by atoms with van der Waals surface area (Å²) >= 11 is 0. The average molecular weight is 492 g/mol. The van der Waals surface area contributed by atoms with E-state index < -0.39 is 0 Å². The molecule has 0 radical (unpaired) electrons. The number of hydrogen-bond donors (Lipinski definition) is 0. The highest BCUT2D eigenvalue weighted by Gasteiger charge is 2.23. The number of anilines is 1. The first-order valence-corrected chi connectivity index (χ1v) is 13.7. The van der Waals surface area contributed by atoms with Gasteiger partial charge in [0.2, 0.25) is 0 Å². The average Bonchev–Trinajstić information content (AvgIpc) is 3.10. The molecule has 1 heterocycles. The van der Waals surface area contributed by atoms with Crippen LogP contribution in [0, 0.1) is 5.92 Å². The van der Waals surface area contributed by atoms with E-state index in [-0.39, 0.29) is 5.97 Å². The predicted molar refractivity (Wildman–Crippen MR) is 146 cm³/mol. The Morgan fingerprint density at radius 1 is 0.972 bits per heavy atom. The predicted octanol–water partition coefficient (Wildman–Crippen LogP) is 6.90. The molecule has 2 aromatic carbocycles. The van der Waals surface area contributed by atoms with Crippen LogP contribution in [0.2, 0.25) is 0 Å². The first kappa shape index (κ1) is 26.3. The Morgan fingerprint density at radius 3 is 2.50 bits per heavy atom. The molecule has 1 saturated carbocycles. The number of ether oxygens (including phenoxy) is 3. The molecule has 2 aliphatic rings. The minimum absolute atomic E-state index is 0.231. The minimum atomic E-state index is -0.231. The van der Waals surface area contributed by atoms with Crippen molar-refractivity contribution in [3.05, 3.63) is 53.6 Å². The second-order valence-corrected chi connectivity index (χ2v) is 9.97. The fourth-order valence-electron chi connectivity index (χ4n) is 5.25. The van der Waals surface area contributed by atoms with Crippen molar-refractivity contribution in [3.63, 3.8) is 0 Å². The van der Waals surface area contributed by atoms with Crippen molar-refractivity contribution in [2.45, 2.75) is 58.3 Å². The standard InChI is InChI=1S/C31H41NO4/c1-3-4-18-35-19-20-36-29-13-10-25(11-14-29)26-12-15-30-28(21-26)22-27(31(33)34-2)16-17-32(30)23-24-8-6-5-7-9-24/h10-15,21-22,24H,3-9,16-20,23H2,1-2H3. The molecule has 0 saturated heterocycles. The van der Waals surface area contributed by atoms with Crippen LogP contribution in [0.25, 0.3) is 17.2 Å². The van der Waals surface area contributed by atoms with Crippen LogP contribution in [0.3, 0.4) is 0 Å².